The zero-order valence-corrected chi connectivity index (χ0v) is 16.7. The maximum absolute atomic E-state index is 12.8. The molecule has 1 atom stereocenters. The maximum atomic E-state index is 12.8. The average Bonchev–Trinajstić information content (AvgIpc) is 3.22. The van der Waals surface area contributed by atoms with Gasteiger partial charge in [-0.2, -0.15) is 0 Å². The number of likely N-dealkylation sites (tertiary alicyclic amines) is 1. The second-order valence-corrected chi connectivity index (χ2v) is 7.91. The van der Waals surface area contributed by atoms with E-state index < -0.39 is 0 Å². The topological polar surface area (TPSA) is 75.4 Å². The van der Waals surface area contributed by atoms with Gasteiger partial charge in [0.25, 0.3) is 11.8 Å². The Bertz CT molecular complexity index is 811. The molecule has 0 aliphatic carbocycles. The Morgan fingerprint density at radius 2 is 2.04 bits per heavy atom. The quantitative estimate of drug-likeness (QED) is 0.797. The van der Waals surface area contributed by atoms with Crippen LogP contribution in [0.4, 0.5) is 5.00 Å². The first-order valence-corrected chi connectivity index (χ1v) is 9.32. The molecule has 1 aliphatic rings. The number of anilines is 1. The molecule has 8 heteroatoms. The van der Waals surface area contributed by atoms with Crippen LogP contribution in [-0.4, -0.2) is 36.3 Å². The molecule has 0 spiro atoms. The van der Waals surface area contributed by atoms with Crippen LogP contribution in [0.1, 0.15) is 34.1 Å². The number of halogens is 2. The summed E-state index contributed by atoms with van der Waals surface area (Å²) in [6.45, 7) is 3.96. The third kappa shape index (κ3) is 4.20. The summed E-state index contributed by atoms with van der Waals surface area (Å²) in [5.74, 6) is -0.400. The maximum Gasteiger partial charge on any atom is 0.257 e. The van der Waals surface area contributed by atoms with Crippen molar-refractivity contribution >= 4 is 52.2 Å². The predicted molar refractivity (Wildman–Crippen MR) is 109 cm³/mol. The van der Waals surface area contributed by atoms with Crippen molar-refractivity contribution in [2.24, 2.45) is 11.1 Å². The molecule has 2 aromatic rings. The number of nitrogens with zero attached hydrogens (tertiary/aromatic N) is 1. The Balaban J connectivity index is 0.00000243. The first kappa shape index (κ1) is 20.7. The van der Waals surface area contributed by atoms with E-state index in [-0.39, 0.29) is 29.6 Å². The number of carbonyl (C=O) groups excluding carboxylic acids is 2. The van der Waals surface area contributed by atoms with Crippen LogP contribution < -0.4 is 11.1 Å². The third-order valence-electron chi connectivity index (χ3n) is 4.58. The van der Waals surface area contributed by atoms with Crippen LogP contribution in [0, 0.1) is 5.41 Å². The van der Waals surface area contributed by atoms with Gasteiger partial charge in [-0.05, 0) is 42.0 Å². The number of carbonyl (C=O) groups is 2. The van der Waals surface area contributed by atoms with Gasteiger partial charge in [0.1, 0.15) is 5.00 Å². The molecular weight excluding hydrogens is 393 g/mol. The van der Waals surface area contributed by atoms with E-state index in [2.05, 4.69) is 12.2 Å². The lowest BCUT2D eigenvalue weighted by atomic mass is 9.90. The average molecular weight is 414 g/mol. The van der Waals surface area contributed by atoms with Crippen LogP contribution in [0.2, 0.25) is 5.02 Å². The number of nitrogens with two attached hydrogens (primary N) is 1. The Hall–Kier alpha value is -1.60. The molecule has 2 heterocycles. The SMILES string of the molecule is CC1(CN)CCN(C(=O)c2ccsc2NC(=O)c2ccccc2Cl)C1.Cl. The summed E-state index contributed by atoms with van der Waals surface area (Å²) in [6.07, 6.45) is 0.890. The second kappa shape index (κ2) is 8.39. The van der Waals surface area contributed by atoms with E-state index in [1.165, 1.54) is 11.3 Å². The van der Waals surface area contributed by atoms with Crippen molar-refractivity contribution in [1.29, 1.82) is 0 Å². The number of thiophene rings is 1. The van der Waals surface area contributed by atoms with E-state index in [1.807, 2.05) is 0 Å². The van der Waals surface area contributed by atoms with E-state index in [0.29, 0.717) is 40.8 Å². The van der Waals surface area contributed by atoms with E-state index in [4.69, 9.17) is 17.3 Å². The van der Waals surface area contributed by atoms with Crippen molar-refractivity contribution in [3.63, 3.8) is 0 Å². The molecule has 1 saturated heterocycles. The molecule has 2 amide bonds. The number of rotatable bonds is 4. The standard InChI is InChI=1S/C18H20ClN3O2S.ClH/c1-18(10-20)7-8-22(11-18)17(24)13-6-9-25-16(13)21-15(23)12-4-2-3-5-14(12)19;/h2-6,9H,7-8,10-11,20H2,1H3,(H,21,23);1H. The van der Waals surface area contributed by atoms with Gasteiger partial charge in [-0.3, -0.25) is 9.59 Å². The van der Waals surface area contributed by atoms with Crippen molar-refractivity contribution in [2.75, 3.05) is 25.0 Å². The minimum Gasteiger partial charge on any atom is -0.338 e. The minimum atomic E-state index is -0.324. The number of amides is 2. The molecule has 1 aromatic carbocycles. The van der Waals surface area contributed by atoms with Crippen LogP contribution in [0.15, 0.2) is 35.7 Å². The van der Waals surface area contributed by atoms with Crippen molar-refractivity contribution in [3.05, 3.63) is 51.9 Å². The van der Waals surface area contributed by atoms with E-state index >= 15 is 0 Å². The van der Waals surface area contributed by atoms with Crippen molar-refractivity contribution in [2.45, 2.75) is 13.3 Å². The second-order valence-electron chi connectivity index (χ2n) is 6.59. The Morgan fingerprint density at radius 1 is 1.31 bits per heavy atom. The first-order chi connectivity index (χ1) is 11.9. The smallest absolute Gasteiger partial charge is 0.257 e. The van der Waals surface area contributed by atoms with Gasteiger partial charge in [0, 0.05) is 13.1 Å². The fraction of sp³-hybridized carbons (Fsp3) is 0.333. The zero-order chi connectivity index (χ0) is 18.0. The lowest BCUT2D eigenvalue weighted by molar-refractivity contribution is 0.0778. The Kier molecular flexibility index (Phi) is 6.69. The van der Waals surface area contributed by atoms with Crippen LogP contribution in [-0.2, 0) is 0 Å². The molecular formula is C18H21Cl2N3O2S. The highest BCUT2D eigenvalue weighted by Gasteiger charge is 2.36. The summed E-state index contributed by atoms with van der Waals surface area (Å²) in [7, 11) is 0. The van der Waals surface area contributed by atoms with Crippen LogP contribution in [0.5, 0.6) is 0 Å². The molecule has 3 N–H and O–H groups in total. The van der Waals surface area contributed by atoms with Crippen molar-refractivity contribution in [1.82, 2.24) is 4.90 Å². The molecule has 1 fully saturated rings. The Labute approximate surface area is 167 Å². The van der Waals surface area contributed by atoms with Gasteiger partial charge in [0.15, 0.2) is 0 Å². The van der Waals surface area contributed by atoms with E-state index in [1.54, 1.807) is 40.6 Å². The van der Waals surface area contributed by atoms with Crippen LogP contribution >= 0.6 is 35.3 Å². The summed E-state index contributed by atoms with van der Waals surface area (Å²) in [5.41, 5.74) is 6.67. The van der Waals surface area contributed by atoms with Crippen molar-refractivity contribution in [3.8, 4) is 0 Å². The molecule has 0 saturated carbocycles. The monoisotopic (exact) mass is 413 g/mol. The van der Waals surface area contributed by atoms with Gasteiger partial charge in [0.2, 0.25) is 0 Å². The highest BCUT2D eigenvalue weighted by molar-refractivity contribution is 7.14. The Morgan fingerprint density at radius 3 is 2.69 bits per heavy atom. The highest BCUT2D eigenvalue weighted by atomic mass is 35.5. The molecule has 3 rings (SSSR count). The van der Waals surface area contributed by atoms with Gasteiger partial charge in [0.05, 0.1) is 16.1 Å². The lowest BCUT2D eigenvalue weighted by Gasteiger charge is -2.22. The number of hydrogen-bond acceptors (Lipinski definition) is 4. The highest BCUT2D eigenvalue weighted by Crippen LogP contribution is 2.32. The lowest BCUT2D eigenvalue weighted by Crippen LogP contribution is -2.34. The molecule has 26 heavy (non-hydrogen) atoms. The summed E-state index contributed by atoms with van der Waals surface area (Å²) in [4.78, 5) is 27.1. The summed E-state index contributed by atoms with van der Waals surface area (Å²) in [5, 5.41) is 5.52. The fourth-order valence-corrected chi connectivity index (χ4v) is 3.92. The molecule has 1 aromatic heterocycles. The summed E-state index contributed by atoms with van der Waals surface area (Å²) < 4.78 is 0. The molecule has 1 aliphatic heterocycles. The van der Waals surface area contributed by atoms with Crippen LogP contribution in [0.25, 0.3) is 0 Å². The summed E-state index contributed by atoms with van der Waals surface area (Å²) >= 11 is 7.39. The first-order valence-electron chi connectivity index (χ1n) is 8.06. The number of nitrogens with one attached hydrogen (secondary N) is 1. The van der Waals surface area contributed by atoms with Gasteiger partial charge >= 0.3 is 0 Å². The zero-order valence-electron chi connectivity index (χ0n) is 14.3. The fourth-order valence-electron chi connectivity index (χ4n) is 2.92. The molecule has 140 valence electrons. The molecule has 0 radical (unpaired) electrons. The minimum absolute atomic E-state index is 0. The van der Waals surface area contributed by atoms with Gasteiger partial charge in [-0.15, -0.1) is 23.7 Å². The number of hydrogen-bond donors (Lipinski definition) is 2. The summed E-state index contributed by atoms with van der Waals surface area (Å²) in [6, 6.07) is 8.57. The van der Waals surface area contributed by atoms with Crippen LogP contribution in [0.3, 0.4) is 0 Å². The van der Waals surface area contributed by atoms with E-state index in [0.717, 1.165) is 6.42 Å². The molecule has 0 bridgehead atoms. The molecule has 1 unspecified atom stereocenters. The largest absolute Gasteiger partial charge is 0.338 e. The van der Waals surface area contributed by atoms with Crippen molar-refractivity contribution < 1.29 is 9.59 Å². The third-order valence-corrected chi connectivity index (χ3v) is 5.74. The van der Waals surface area contributed by atoms with Gasteiger partial charge in [-0.1, -0.05) is 30.7 Å². The normalized spacial score (nSPS) is 19.1. The van der Waals surface area contributed by atoms with Gasteiger partial charge in [-0.25, -0.2) is 0 Å². The van der Waals surface area contributed by atoms with Gasteiger partial charge < -0.3 is 16.0 Å². The predicted octanol–water partition coefficient (Wildman–Crippen LogP) is 3.89. The number of benzene rings is 1. The van der Waals surface area contributed by atoms with E-state index in [9.17, 15) is 9.59 Å². The molecule has 5 nitrogen and oxygen atoms in total.